The van der Waals surface area contributed by atoms with E-state index in [9.17, 15) is 27.9 Å². The first-order valence-corrected chi connectivity index (χ1v) is 13.8. The lowest BCUT2D eigenvalue weighted by molar-refractivity contribution is -0.137. The fourth-order valence-electron chi connectivity index (χ4n) is 3.40. The van der Waals surface area contributed by atoms with Gasteiger partial charge in [0.1, 0.15) is 4.88 Å². The van der Waals surface area contributed by atoms with E-state index < -0.39 is 23.6 Å². The second-order valence-corrected chi connectivity index (χ2v) is 11.6. The minimum absolute atomic E-state index is 0.193. The highest BCUT2D eigenvalue weighted by atomic mass is 79.9. The van der Waals surface area contributed by atoms with Crippen LogP contribution in [0.4, 0.5) is 29.1 Å². The topological polar surface area (TPSA) is 129 Å². The molecule has 2 amide bonds. The molecule has 1 aliphatic heterocycles. The summed E-state index contributed by atoms with van der Waals surface area (Å²) in [7, 11) is 0. The van der Waals surface area contributed by atoms with Gasteiger partial charge in [0.15, 0.2) is 9.47 Å². The van der Waals surface area contributed by atoms with E-state index in [0.29, 0.717) is 20.0 Å². The molecule has 0 aliphatic carbocycles. The normalized spacial score (nSPS) is 12.8. The number of para-hydroxylation sites is 1. The Hall–Kier alpha value is -3.34. The van der Waals surface area contributed by atoms with E-state index in [1.807, 2.05) is 0 Å². The second-order valence-electron chi connectivity index (χ2n) is 7.50. The van der Waals surface area contributed by atoms with Gasteiger partial charge in [-0.2, -0.15) is 18.2 Å². The first kappa shape index (κ1) is 26.3. The SMILES string of the molecule is O=C(CSc1nnc(Nc2nc(O)c(C3=c4cc(Br)ccc4=NC3=O)s2)s1)Nc1ccccc1C(F)(F)F. The predicted molar refractivity (Wildman–Crippen MR) is 140 cm³/mol. The van der Waals surface area contributed by atoms with Crippen LogP contribution >= 0.6 is 50.4 Å². The minimum Gasteiger partial charge on any atom is -0.492 e. The molecule has 0 saturated carbocycles. The molecule has 194 valence electrons. The number of anilines is 3. The number of carbonyl (C=O) groups excluding carboxylic acids is 2. The van der Waals surface area contributed by atoms with Crippen molar-refractivity contribution >= 4 is 83.7 Å². The van der Waals surface area contributed by atoms with Gasteiger partial charge in [-0.05, 0) is 30.3 Å². The number of benzene rings is 2. The Labute approximate surface area is 231 Å². The van der Waals surface area contributed by atoms with Crippen molar-refractivity contribution in [3.63, 3.8) is 0 Å². The van der Waals surface area contributed by atoms with Gasteiger partial charge in [-0.25, -0.2) is 4.99 Å². The molecule has 5 rings (SSSR count). The van der Waals surface area contributed by atoms with Crippen molar-refractivity contribution in [2.45, 2.75) is 10.5 Å². The van der Waals surface area contributed by atoms with Crippen LogP contribution in [0.25, 0.3) is 5.57 Å². The number of fused-ring (bicyclic) bond motifs is 1. The summed E-state index contributed by atoms with van der Waals surface area (Å²) in [6.45, 7) is 0. The molecule has 0 bridgehead atoms. The summed E-state index contributed by atoms with van der Waals surface area (Å²) in [6, 6.07) is 9.89. The number of carbonyl (C=O) groups is 2. The standard InChI is InChI=1S/C22H12BrF3N6O3S3/c23-9-5-6-12-10(7-9)15(17(34)28-12)16-18(35)29-19(37-16)30-20-31-32-21(38-20)36-8-14(33)27-13-4-2-1-3-11(13)22(24,25)26/h1-7,35H,8H2,(H,27,33)(H,29,30,31). The van der Waals surface area contributed by atoms with Crippen molar-refractivity contribution in [1.82, 2.24) is 15.2 Å². The lowest BCUT2D eigenvalue weighted by Gasteiger charge is -2.13. The molecule has 0 spiro atoms. The molecule has 0 saturated heterocycles. The summed E-state index contributed by atoms with van der Waals surface area (Å²) in [5.41, 5.74) is -1.03. The minimum atomic E-state index is -4.60. The molecule has 9 nitrogen and oxygen atoms in total. The number of amides is 2. The fourth-order valence-corrected chi connectivity index (χ4v) is 6.28. The van der Waals surface area contributed by atoms with Crippen molar-refractivity contribution < 1.29 is 27.9 Å². The number of hydrogen-bond acceptors (Lipinski definition) is 10. The number of thiazole rings is 1. The molecule has 2 aromatic heterocycles. The number of nitrogens with one attached hydrogen (secondary N) is 2. The van der Waals surface area contributed by atoms with Gasteiger partial charge in [-0.3, -0.25) is 9.59 Å². The van der Waals surface area contributed by atoms with Crippen molar-refractivity contribution in [1.29, 1.82) is 0 Å². The number of hydrogen-bond donors (Lipinski definition) is 3. The van der Waals surface area contributed by atoms with Crippen molar-refractivity contribution in [2.75, 3.05) is 16.4 Å². The van der Waals surface area contributed by atoms with Crippen LogP contribution in [0.15, 0.2) is 56.3 Å². The van der Waals surface area contributed by atoms with Crippen molar-refractivity contribution in [3.05, 3.63) is 68.0 Å². The Morgan fingerprint density at radius 2 is 1.89 bits per heavy atom. The van der Waals surface area contributed by atoms with Crippen molar-refractivity contribution in [3.8, 4) is 5.88 Å². The van der Waals surface area contributed by atoms with Crippen LogP contribution < -0.4 is 21.2 Å². The molecule has 0 unspecified atom stereocenters. The predicted octanol–water partition coefficient (Wildman–Crippen LogP) is 4.31. The third kappa shape index (κ3) is 5.57. The largest absolute Gasteiger partial charge is 0.492 e. The third-order valence-electron chi connectivity index (χ3n) is 4.95. The maximum absolute atomic E-state index is 13.1. The van der Waals surface area contributed by atoms with Crippen LogP contribution in [-0.4, -0.2) is 37.9 Å². The van der Waals surface area contributed by atoms with Gasteiger partial charge in [0.25, 0.3) is 5.91 Å². The molecule has 0 fully saturated rings. The first-order valence-electron chi connectivity index (χ1n) is 10.4. The number of rotatable bonds is 7. The molecule has 16 heteroatoms. The van der Waals surface area contributed by atoms with E-state index in [1.165, 1.54) is 18.2 Å². The zero-order chi connectivity index (χ0) is 27.0. The van der Waals surface area contributed by atoms with E-state index in [4.69, 9.17) is 0 Å². The van der Waals surface area contributed by atoms with E-state index in [2.05, 4.69) is 46.7 Å². The zero-order valence-electron chi connectivity index (χ0n) is 18.5. The molecule has 2 aromatic carbocycles. The molecule has 3 heterocycles. The van der Waals surface area contributed by atoms with Gasteiger partial charge < -0.3 is 15.7 Å². The Bertz CT molecular complexity index is 1710. The molecule has 3 N–H and O–H groups in total. The quantitative estimate of drug-likeness (QED) is 0.255. The van der Waals surface area contributed by atoms with Gasteiger partial charge >= 0.3 is 6.18 Å². The fraction of sp³-hybridized carbons (Fsp3) is 0.0909. The number of thioether (sulfide) groups is 1. The van der Waals surface area contributed by atoms with Crippen LogP contribution in [0.1, 0.15) is 10.4 Å². The summed E-state index contributed by atoms with van der Waals surface area (Å²) in [5.74, 6) is -1.67. The highest BCUT2D eigenvalue weighted by Gasteiger charge is 2.33. The van der Waals surface area contributed by atoms with Crippen LogP contribution in [-0.2, 0) is 15.8 Å². The van der Waals surface area contributed by atoms with Crippen LogP contribution in [0.2, 0.25) is 0 Å². The highest BCUT2D eigenvalue weighted by molar-refractivity contribution is 9.10. The number of nitrogens with zero attached hydrogens (tertiary/aromatic N) is 4. The summed E-state index contributed by atoms with van der Waals surface area (Å²) >= 11 is 6.47. The highest BCUT2D eigenvalue weighted by Crippen LogP contribution is 2.37. The zero-order valence-corrected chi connectivity index (χ0v) is 22.6. The van der Waals surface area contributed by atoms with Crippen LogP contribution in [0, 0.1) is 0 Å². The Kier molecular flexibility index (Phi) is 7.21. The Morgan fingerprint density at radius 3 is 2.68 bits per heavy atom. The molecule has 0 atom stereocenters. The molecular formula is C22H12BrF3N6O3S3. The summed E-state index contributed by atoms with van der Waals surface area (Å²) in [5, 5.41) is 25.1. The lowest BCUT2D eigenvalue weighted by Crippen LogP contribution is -2.22. The Morgan fingerprint density at radius 1 is 1.11 bits per heavy atom. The van der Waals surface area contributed by atoms with E-state index >= 15 is 0 Å². The smallest absolute Gasteiger partial charge is 0.418 e. The average Bonchev–Trinajstić information content (AvgIpc) is 3.53. The van der Waals surface area contributed by atoms with E-state index in [0.717, 1.165) is 45.0 Å². The number of halogens is 4. The van der Waals surface area contributed by atoms with Gasteiger partial charge in [0.2, 0.25) is 16.9 Å². The van der Waals surface area contributed by atoms with E-state index in [1.54, 1.807) is 18.2 Å². The summed E-state index contributed by atoms with van der Waals surface area (Å²) in [4.78, 5) is 33.0. The average molecular weight is 641 g/mol. The van der Waals surface area contributed by atoms with E-state index in [-0.39, 0.29) is 32.9 Å². The summed E-state index contributed by atoms with van der Waals surface area (Å²) < 4.78 is 40.5. The summed E-state index contributed by atoms with van der Waals surface area (Å²) in [6.07, 6.45) is -4.60. The molecule has 0 radical (unpaired) electrons. The van der Waals surface area contributed by atoms with Gasteiger partial charge in [-0.1, -0.05) is 62.5 Å². The van der Waals surface area contributed by atoms with Gasteiger partial charge in [0.05, 0.1) is 27.9 Å². The lowest BCUT2D eigenvalue weighted by atomic mass is 10.1. The second kappa shape index (κ2) is 10.4. The molecular weight excluding hydrogens is 629 g/mol. The number of aromatic nitrogens is 3. The number of aromatic hydroxyl groups is 1. The van der Waals surface area contributed by atoms with Crippen molar-refractivity contribution in [2.24, 2.45) is 4.99 Å². The molecule has 4 aromatic rings. The van der Waals surface area contributed by atoms with Crippen LogP contribution in [0.3, 0.4) is 0 Å². The Balaban J connectivity index is 1.25. The van der Waals surface area contributed by atoms with Gasteiger partial charge in [-0.15, -0.1) is 10.2 Å². The monoisotopic (exact) mass is 640 g/mol. The maximum Gasteiger partial charge on any atom is 0.418 e. The third-order valence-corrected chi connectivity index (χ3v) is 8.40. The maximum atomic E-state index is 13.1. The first-order chi connectivity index (χ1) is 18.1. The van der Waals surface area contributed by atoms with Crippen LogP contribution in [0.5, 0.6) is 5.88 Å². The number of alkyl halides is 3. The van der Waals surface area contributed by atoms with Gasteiger partial charge in [0, 0.05) is 9.69 Å². The molecule has 38 heavy (non-hydrogen) atoms. The molecule has 1 aliphatic rings.